The van der Waals surface area contributed by atoms with Crippen LogP contribution >= 0.6 is 11.3 Å². The minimum absolute atomic E-state index is 0.240. The summed E-state index contributed by atoms with van der Waals surface area (Å²) in [4.78, 5) is 36.9. The van der Waals surface area contributed by atoms with E-state index in [1.165, 1.54) is 18.4 Å². The summed E-state index contributed by atoms with van der Waals surface area (Å²) in [6.45, 7) is 1.55. The highest BCUT2D eigenvalue weighted by Crippen LogP contribution is 2.39. The Bertz CT molecular complexity index is 622. The zero-order chi connectivity index (χ0) is 17.0. The van der Waals surface area contributed by atoms with Crippen LogP contribution in [-0.4, -0.2) is 42.6 Å². The number of aliphatic hydroxyl groups is 1. The number of fused-ring (bicyclic) bond motifs is 1. The fraction of sp³-hybridized carbons (Fsp3) is 0.533. The Morgan fingerprint density at radius 1 is 1.30 bits per heavy atom. The van der Waals surface area contributed by atoms with Crippen molar-refractivity contribution in [3.8, 4) is 0 Å². The highest BCUT2D eigenvalue weighted by Gasteiger charge is 2.29. The van der Waals surface area contributed by atoms with Gasteiger partial charge in [0, 0.05) is 4.88 Å². The minimum Gasteiger partial charge on any atom is -0.465 e. The molecule has 2 rings (SSSR count). The number of aryl methyl sites for hydroxylation is 1. The smallest absolute Gasteiger partial charge is 0.341 e. The number of thiophene rings is 1. The summed E-state index contributed by atoms with van der Waals surface area (Å²) in [6.07, 6.45) is 3.10. The number of aliphatic hydroxyl groups excluding tert-OH is 1. The molecule has 0 bridgehead atoms. The summed E-state index contributed by atoms with van der Waals surface area (Å²) in [6, 6.07) is -0.471. The van der Waals surface area contributed by atoms with Gasteiger partial charge in [0.1, 0.15) is 5.00 Å². The van der Waals surface area contributed by atoms with Crippen molar-refractivity contribution in [3.63, 3.8) is 0 Å². The number of hydrogen-bond donors (Lipinski definition) is 3. The Hall–Kier alpha value is -1.93. The molecule has 1 aromatic rings. The third kappa shape index (κ3) is 3.70. The molecule has 126 valence electrons. The van der Waals surface area contributed by atoms with E-state index in [0.717, 1.165) is 29.7 Å². The van der Waals surface area contributed by atoms with Crippen molar-refractivity contribution >= 4 is 34.1 Å². The van der Waals surface area contributed by atoms with Gasteiger partial charge in [0.2, 0.25) is 0 Å². The molecule has 0 radical (unpaired) electrons. The van der Waals surface area contributed by atoms with Crippen molar-refractivity contribution in [1.29, 1.82) is 0 Å². The van der Waals surface area contributed by atoms with Crippen LogP contribution in [0, 0.1) is 0 Å². The van der Waals surface area contributed by atoms with Crippen LogP contribution in [0.25, 0.3) is 0 Å². The standard InChI is InChI=1S/C15H20N2O5S/c1-3-8(7-18)16-12(19)13(20)17-14-11(15(21)22-2)9-5-4-6-10(9)23-14/h8,18H,3-7H2,1-2H3,(H,16,19)(H,17,20)/t8-/m1/s1. The lowest BCUT2D eigenvalue weighted by molar-refractivity contribution is -0.136. The van der Waals surface area contributed by atoms with Crippen molar-refractivity contribution in [3.05, 3.63) is 16.0 Å². The van der Waals surface area contributed by atoms with Gasteiger partial charge >= 0.3 is 17.8 Å². The molecule has 0 spiro atoms. The normalized spacial score (nSPS) is 14.0. The summed E-state index contributed by atoms with van der Waals surface area (Å²) in [7, 11) is 1.28. The number of esters is 1. The molecule has 0 aliphatic heterocycles. The predicted octanol–water partition coefficient (Wildman–Crippen LogP) is 0.849. The molecule has 0 unspecified atom stereocenters. The second kappa shape index (κ2) is 7.56. The monoisotopic (exact) mass is 340 g/mol. The number of amides is 2. The largest absolute Gasteiger partial charge is 0.465 e. The molecule has 1 aliphatic carbocycles. The number of hydrogen-bond acceptors (Lipinski definition) is 6. The number of rotatable bonds is 5. The molecule has 3 N–H and O–H groups in total. The Balaban J connectivity index is 2.15. The van der Waals surface area contributed by atoms with Crippen LogP contribution in [0.15, 0.2) is 0 Å². The number of nitrogens with one attached hydrogen (secondary N) is 2. The Kier molecular flexibility index (Phi) is 5.73. The third-order valence-electron chi connectivity index (χ3n) is 3.79. The zero-order valence-electron chi connectivity index (χ0n) is 13.1. The molecule has 0 aromatic carbocycles. The molecule has 1 aliphatic rings. The van der Waals surface area contributed by atoms with Gasteiger partial charge in [-0.3, -0.25) is 9.59 Å². The first-order chi connectivity index (χ1) is 11.0. The lowest BCUT2D eigenvalue weighted by Crippen LogP contribution is -2.43. The first kappa shape index (κ1) is 17.4. The lowest BCUT2D eigenvalue weighted by Gasteiger charge is -2.13. The van der Waals surface area contributed by atoms with Crippen LogP contribution in [0.5, 0.6) is 0 Å². The van der Waals surface area contributed by atoms with Gasteiger partial charge in [-0.15, -0.1) is 11.3 Å². The molecule has 8 heteroatoms. The van der Waals surface area contributed by atoms with Crippen LogP contribution in [0.3, 0.4) is 0 Å². The number of ether oxygens (including phenoxy) is 1. The number of methoxy groups -OCH3 is 1. The van der Waals surface area contributed by atoms with E-state index in [2.05, 4.69) is 10.6 Å². The van der Waals surface area contributed by atoms with Crippen molar-refractivity contribution in [1.82, 2.24) is 5.32 Å². The second-order valence-corrected chi connectivity index (χ2v) is 6.37. The van der Waals surface area contributed by atoms with Crippen LogP contribution < -0.4 is 10.6 Å². The van der Waals surface area contributed by atoms with E-state index in [-0.39, 0.29) is 6.61 Å². The van der Waals surface area contributed by atoms with E-state index in [0.29, 0.717) is 17.0 Å². The van der Waals surface area contributed by atoms with E-state index in [4.69, 9.17) is 9.84 Å². The zero-order valence-corrected chi connectivity index (χ0v) is 13.9. The number of carbonyl (C=O) groups excluding carboxylic acids is 3. The van der Waals surface area contributed by atoms with Gasteiger partial charge in [0.05, 0.1) is 25.3 Å². The van der Waals surface area contributed by atoms with Crippen LogP contribution in [0.2, 0.25) is 0 Å². The molecular formula is C15H20N2O5S. The fourth-order valence-corrected chi connectivity index (χ4v) is 3.77. The fourth-order valence-electron chi connectivity index (χ4n) is 2.50. The minimum atomic E-state index is -0.859. The second-order valence-electron chi connectivity index (χ2n) is 5.27. The van der Waals surface area contributed by atoms with Gasteiger partial charge in [0.15, 0.2) is 0 Å². The Labute approximate surface area is 138 Å². The molecule has 0 saturated carbocycles. The van der Waals surface area contributed by atoms with Crippen LogP contribution in [0.1, 0.15) is 40.6 Å². The number of anilines is 1. The summed E-state index contributed by atoms with van der Waals surface area (Å²) in [5, 5.41) is 14.3. The van der Waals surface area contributed by atoms with Crippen molar-refractivity contribution in [2.45, 2.75) is 38.6 Å². The maximum atomic E-state index is 12.0. The topological polar surface area (TPSA) is 105 Å². The maximum absolute atomic E-state index is 12.0. The Morgan fingerprint density at radius 2 is 2.04 bits per heavy atom. The van der Waals surface area contributed by atoms with E-state index in [9.17, 15) is 14.4 Å². The van der Waals surface area contributed by atoms with Gasteiger partial charge in [-0.05, 0) is 31.2 Å². The lowest BCUT2D eigenvalue weighted by atomic mass is 10.1. The molecule has 1 aromatic heterocycles. The third-order valence-corrected chi connectivity index (χ3v) is 5.00. The van der Waals surface area contributed by atoms with Gasteiger partial charge < -0.3 is 20.5 Å². The van der Waals surface area contributed by atoms with Crippen molar-refractivity contribution in [2.75, 3.05) is 19.0 Å². The van der Waals surface area contributed by atoms with Gasteiger partial charge in [0.25, 0.3) is 0 Å². The average molecular weight is 340 g/mol. The SMILES string of the molecule is CC[C@H](CO)NC(=O)C(=O)Nc1sc2c(c1C(=O)OC)CCC2. The van der Waals surface area contributed by atoms with Gasteiger partial charge in [-0.1, -0.05) is 6.92 Å². The van der Waals surface area contributed by atoms with E-state index in [1.807, 2.05) is 0 Å². The Morgan fingerprint density at radius 3 is 2.65 bits per heavy atom. The van der Waals surface area contributed by atoms with Crippen molar-refractivity contribution in [2.24, 2.45) is 0 Å². The van der Waals surface area contributed by atoms with Crippen LogP contribution in [-0.2, 0) is 27.2 Å². The molecule has 1 heterocycles. The molecule has 0 fully saturated rings. The summed E-state index contributed by atoms with van der Waals surface area (Å²) < 4.78 is 4.78. The first-order valence-electron chi connectivity index (χ1n) is 7.47. The van der Waals surface area contributed by atoms with Crippen LogP contribution in [0.4, 0.5) is 5.00 Å². The summed E-state index contributed by atoms with van der Waals surface area (Å²) >= 11 is 1.31. The predicted molar refractivity (Wildman–Crippen MR) is 85.6 cm³/mol. The molecule has 7 nitrogen and oxygen atoms in total. The highest BCUT2D eigenvalue weighted by atomic mass is 32.1. The van der Waals surface area contributed by atoms with Gasteiger partial charge in [-0.25, -0.2) is 4.79 Å². The van der Waals surface area contributed by atoms with E-state index < -0.39 is 23.8 Å². The first-order valence-corrected chi connectivity index (χ1v) is 8.29. The quantitative estimate of drug-likeness (QED) is 0.544. The molecular weight excluding hydrogens is 320 g/mol. The average Bonchev–Trinajstić information content (AvgIpc) is 3.11. The van der Waals surface area contributed by atoms with Gasteiger partial charge in [-0.2, -0.15) is 0 Å². The summed E-state index contributed by atoms with van der Waals surface area (Å²) in [5.41, 5.74) is 1.25. The maximum Gasteiger partial charge on any atom is 0.341 e. The summed E-state index contributed by atoms with van der Waals surface area (Å²) in [5.74, 6) is -2.21. The molecule has 1 atom stereocenters. The number of carbonyl (C=O) groups is 3. The molecule has 0 saturated heterocycles. The molecule has 23 heavy (non-hydrogen) atoms. The molecule has 2 amide bonds. The highest BCUT2D eigenvalue weighted by molar-refractivity contribution is 7.17. The van der Waals surface area contributed by atoms with E-state index >= 15 is 0 Å². The van der Waals surface area contributed by atoms with E-state index in [1.54, 1.807) is 6.92 Å². The van der Waals surface area contributed by atoms with Crippen molar-refractivity contribution < 1.29 is 24.2 Å².